The smallest absolute Gasteiger partial charge is 0.0650 e. The minimum atomic E-state index is 0.441. The number of alkyl halides is 2. The molecule has 72 valence electrons. The second-order valence-corrected chi connectivity index (χ2v) is 3.50. The zero-order valence-electron chi connectivity index (χ0n) is 7.90. The normalized spacial score (nSPS) is 10.5. The van der Waals surface area contributed by atoms with E-state index < -0.39 is 0 Å². The summed E-state index contributed by atoms with van der Waals surface area (Å²) in [7, 11) is 0. The van der Waals surface area contributed by atoms with E-state index in [1.54, 1.807) is 0 Å². The third-order valence-electron chi connectivity index (χ3n) is 2.07. The maximum atomic E-state index is 5.85. The highest BCUT2D eigenvalue weighted by Crippen LogP contribution is 2.19. The molecule has 0 spiro atoms. The van der Waals surface area contributed by atoms with Crippen LogP contribution in [-0.4, -0.2) is 4.98 Å². The predicted molar refractivity (Wildman–Crippen MR) is 57.5 cm³/mol. The molecule has 0 aliphatic rings. The average molecular weight is 218 g/mol. The summed E-state index contributed by atoms with van der Waals surface area (Å²) in [4.78, 5) is 4.35. The van der Waals surface area contributed by atoms with Gasteiger partial charge in [-0.2, -0.15) is 0 Å². The molecule has 0 atom stereocenters. The largest absolute Gasteiger partial charge is 0.257 e. The Morgan fingerprint density at radius 1 is 1.31 bits per heavy atom. The van der Waals surface area contributed by atoms with Crippen molar-refractivity contribution < 1.29 is 0 Å². The molecular formula is C10H13Cl2N. The van der Waals surface area contributed by atoms with E-state index in [-0.39, 0.29) is 0 Å². The molecule has 0 radical (unpaired) electrons. The van der Waals surface area contributed by atoms with Crippen molar-refractivity contribution in [2.75, 3.05) is 0 Å². The minimum Gasteiger partial charge on any atom is -0.257 e. The molecule has 0 saturated heterocycles. The molecular weight excluding hydrogens is 205 g/mol. The molecule has 1 rings (SSSR count). The van der Waals surface area contributed by atoms with E-state index in [9.17, 15) is 0 Å². The van der Waals surface area contributed by atoms with Gasteiger partial charge in [0.25, 0.3) is 0 Å². The van der Waals surface area contributed by atoms with E-state index in [0.717, 1.165) is 23.4 Å². The molecule has 1 aromatic heterocycles. The van der Waals surface area contributed by atoms with E-state index in [1.165, 1.54) is 5.56 Å². The van der Waals surface area contributed by atoms with Gasteiger partial charge in [0.1, 0.15) is 0 Å². The molecule has 0 unspecified atom stereocenters. The Morgan fingerprint density at radius 3 is 2.46 bits per heavy atom. The molecule has 1 aromatic rings. The first kappa shape index (κ1) is 10.8. The van der Waals surface area contributed by atoms with Gasteiger partial charge in [0.2, 0.25) is 0 Å². The van der Waals surface area contributed by atoms with Crippen LogP contribution in [0.1, 0.15) is 29.4 Å². The van der Waals surface area contributed by atoms with Crippen LogP contribution in [0, 0.1) is 6.92 Å². The standard InChI is InChI=1S/C10H13Cl2N/c1-3-8-4-7(2)13-10(6-12)9(8)5-11/h4H,3,5-6H2,1-2H3. The van der Waals surface area contributed by atoms with Crippen molar-refractivity contribution in [3.05, 3.63) is 28.6 Å². The first-order chi connectivity index (χ1) is 6.22. The summed E-state index contributed by atoms with van der Waals surface area (Å²) in [6, 6.07) is 2.08. The monoisotopic (exact) mass is 217 g/mol. The van der Waals surface area contributed by atoms with E-state index in [1.807, 2.05) is 6.92 Å². The lowest BCUT2D eigenvalue weighted by atomic mass is 10.0. The first-order valence-corrected chi connectivity index (χ1v) is 5.40. The Balaban J connectivity index is 3.25. The Morgan fingerprint density at radius 2 is 2.00 bits per heavy atom. The van der Waals surface area contributed by atoms with Crippen LogP contribution in [0.2, 0.25) is 0 Å². The molecule has 0 aromatic carbocycles. The third-order valence-corrected chi connectivity index (χ3v) is 2.59. The van der Waals surface area contributed by atoms with Crippen molar-refractivity contribution in [2.45, 2.75) is 32.0 Å². The Labute approximate surface area is 89.1 Å². The van der Waals surface area contributed by atoms with Gasteiger partial charge in [-0.3, -0.25) is 4.98 Å². The number of aryl methyl sites for hydroxylation is 2. The van der Waals surface area contributed by atoms with E-state index in [2.05, 4.69) is 18.0 Å². The SMILES string of the molecule is CCc1cc(C)nc(CCl)c1CCl. The van der Waals surface area contributed by atoms with E-state index in [4.69, 9.17) is 23.2 Å². The van der Waals surface area contributed by atoms with Gasteiger partial charge in [0.05, 0.1) is 11.6 Å². The summed E-state index contributed by atoms with van der Waals surface area (Å²) >= 11 is 11.6. The quantitative estimate of drug-likeness (QED) is 0.708. The van der Waals surface area contributed by atoms with E-state index in [0.29, 0.717) is 11.8 Å². The maximum absolute atomic E-state index is 5.85. The van der Waals surface area contributed by atoms with Crippen LogP contribution >= 0.6 is 23.2 Å². The Bertz CT molecular complexity index is 272. The van der Waals surface area contributed by atoms with Gasteiger partial charge in [0, 0.05) is 11.6 Å². The average Bonchev–Trinajstić information content (AvgIpc) is 2.16. The third kappa shape index (κ3) is 2.35. The number of halogens is 2. The lowest BCUT2D eigenvalue weighted by Crippen LogP contribution is -2.01. The second-order valence-electron chi connectivity index (χ2n) is 2.97. The molecule has 0 aliphatic heterocycles. The van der Waals surface area contributed by atoms with Gasteiger partial charge in [-0.1, -0.05) is 6.92 Å². The summed E-state index contributed by atoms with van der Waals surface area (Å²) in [5.74, 6) is 0.940. The molecule has 3 heteroatoms. The van der Waals surface area contributed by atoms with Crippen molar-refractivity contribution in [2.24, 2.45) is 0 Å². The van der Waals surface area contributed by atoms with E-state index >= 15 is 0 Å². The van der Waals surface area contributed by atoms with Crippen LogP contribution in [-0.2, 0) is 18.2 Å². The molecule has 0 amide bonds. The maximum Gasteiger partial charge on any atom is 0.0650 e. The van der Waals surface area contributed by atoms with Gasteiger partial charge < -0.3 is 0 Å². The van der Waals surface area contributed by atoms with Gasteiger partial charge >= 0.3 is 0 Å². The molecule has 1 heterocycles. The molecule has 0 bridgehead atoms. The van der Waals surface area contributed by atoms with Gasteiger partial charge in [-0.05, 0) is 30.5 Å². The second kappa shape index (κ2) is 4.83. The van der Waals surface area contributed by atoms with Crippen LogP contribution in [0.25, 0.3) is 0 Å². The summed E-state index contributed by atoms with van der Waals surface area (Å²) < 4.78 is 0. The molecule has 0 aliphatic carbocycles. The molecule has 1 nitrogen and oxygen atoms in total. The number of rotatable bonds is 3. The zero-order valence-corrected chi connectivity index (χ0v) is 9.41. The molecule has 0 saturated carbocycles. The highest BCUT2D eigenvalue weighted by Gasteiger charge is 2.07. The highest BCUT2D eigenvalue weighted by molar-refractivity contribution is 6.18. The van der Waals surface area contributed by atoms with Gasteiger partial charge in [0.15, 0.2) is 0 Å². The summed E-state index contributed by atoms with van der Waals surface area (Å²) in [6.07, 6.45) is 0.981. The molecule has 0 N–H and O–H groups in total. The minimum absolute atomic E-state index is 0.441. The summed E-state index contributed by atoms with van der Waals surface area (Å²) in [5, 5.41) is 0. The Kier molecular flexibility index (Phi) is 4.01. The fourth-order valence-electron chi connectivity index (χ4n) is 1.43. The van der Waals surface area contributed by atoms with Crippen molar-refractivity contribution in [1.82, 2.24) is 4.98 Å². The van der Waals surface area contributed by atoms with Crippen LogP contribution in [0.3, 0.4) is 0 Å². The van der Waals surface area contributed by atoms with Crippen molar-refractivity contribution in [1.29, 1.82) is 0 Å². The number of aromatic nitrogens is 1. The number of pyridine rings is 1. The molecule has 0 fully saturated rings. The highest BCUT2D eigenvalue weighted by atomic mass is 35.5. The van der Waals surface area contributed by atoms with Gasteiger partial charge in [-0.15, -0.1) is 23.2 Å². The summed E-state index contributed by atoms with van der Waals surface area (Å²) in [5.41, 5.74) is 4.30. The fraction of sp³-hybridized carbons (Fsp3) is 0.500. The molecule has 13 heavy (non-hydrogen) atoms. The van der Waals surface area contributed by atoms with Crippen molar-refractivity contribution in [3.63, 3.8) is 0 Å². The Hall–Kier alpha value is -0.270. The van der Waals surface area contributed by atoms with Crippen LogP contribution in [0.4, 0.5) is 0 Å². The fourth-order valence-corrected chi connectivity index (χ4v) is 1.97. The lowest BCUT2D eigenvalue weighted by molar-refractivity contribution is 0.993. The van der Waals surface area contributed by atoms with Crippen LogP contribution in [0.15, 0.2) is 6.07 Å². The topological polar surface area (TPSA) is 12.9 Å². The van der Waals surface area contributed by atoms with Crippen molar-refractivity contribution >= 4 is 23.2 Å². The zero-order chi connectivity index (χ0) is 9.84. The number of hydrogen-bond donors (Lipinski definition) is 0. The first-order valence-electron chi connectivity index (χ1n) is 4.33. The summed E-state index contributed by atoms with van der Waals surface area (Å²) in [6.45, 7) is 4.09. The van der Waals surface area contributed by atoms with Crippen LogP contribution < -0.4 is 0 Å². The van der Waals surface area contributed by atoms with Gasteiger partial charge in [-0.25, -0.2) is 0 Å². The predicted octanol–water partition coefficient (Wildman–Crippen LogP) is 3.43. The number of hydrogen-bond acceptors (Lipinski definition) is 1. The van der Waals surface area contributed by atoms with Crippen LogP contribution in [0.5, 0.6) is 0 Å². The number of nitrogens with zero attached hydrogens (tertiary/aromatic N) is 1. The van der Waals surface area contributed by atoms with Crippen molar-refractivity contribution in [3.8, 4) is 0 Å². The lowest BCUT2D eigenvalue weighted by Gasteiger charge is -2.10.